The van der Waals surface area contributed by atoms with Gasteiger partial charge in [-0.3, -0.25) is 9.69 Å². The Labute approximate surface area is 203 Å². The fourth-order valence-corrected chi connectivity index (χ4v) is 5.48. The quantitative estimate of drug-likeness (QED) is 0.462. The van der Waals surface area contributed by atoms with E-state index in [1.54, 1.807) is 24.3 Å². The summed E-state index contributed by atoms with van der Waals surface area (Å²) >= 11 is 0. The number of piperazine rings is 1. The SMILES string of the molecule is COc1cc2c(=O)c3c4ccc(C#N)cc4[nH]c3n(C(C)C)c2c(F)c1N1CC(C)N(C)C(C)C1. The predicted octanol–water partition coefficient (Wildman–Crippen LogP) is 4.77. The number of nitriles is 1. The number of nitrogens with one attached hydrogen (secondary N) is 1. The van der Waals surface area contributed by atoms with Crippen molar-refractivity contribution in [2.75, 3.05) is 32.1 Å². The number of hydrogen-bond acceptors (Lipinski definition) is 5. The molecule has 1 saturated heterocycles. The first kappa shape index (κ1) is 23.2. The minimum atomic E-state index is -0.452. The highest BCUT2D eigenvalue weighted by Gasteiger charge is 2.32. The molecular weight excluding hydrogens is 445 g/mol. The van der Waals surface area contributed by atoms with Gasteiger partial charge in [0.15, 0.2) is 11.2 Å². The fraction of sp³-hybridized carbons (Fsp3) is 0.407. The highest BCUT2D eigenvalue weighted by molar-refractivity contribution is 6.10. The summed E-state index contributed by atoms with van der Waals surface area (Å²) in [6, 6.07) is 9.34. The van der Waals surface area contributed by atoms with Gasteiger partial charge in [-0.25, -0.2) is 4.39 Å². The molecule has 182 valence electrons. The van der Waals surface area contributed by atoms with Crippen molar-refractivity contribution >= 4 is 38.5 Å². The number of hydrogen-bond donors (Lipinski definition) is 1. The van der Waals surface area contributed by atoms with Crippen LogP contribution >= 0.6 is 0 Å². The molecule has 1 N–H and O–H groups in total. The number of pyridine rings is 1. The predicted molar refractivity (Wildman–Crippen MR) is 138 cm³/mol. The third-order valence-corrected chi connectivity index (χ3v) is 7.45. The van der Waals surface area contributed by atoms with E-state index in [1.807, 2.05) is 23.3 Å². The monoisotopic (exact) mass is 475 g/mol. The van der Waals surface area contributed by atoms with Crippen LogP contribution in [0.5, 0.6) is 5.75 Å². The zero-order valence-corrected chi connectivity index (χ0v) is 20.9. The van der Waals surface area contributed by atoms with E-state index in [1.165, 1.54) is 7.11 Å². The second-order valence-electron chi connectivity index (χ2n) is 9.92. The number of nitrogens with zero attached hydrogens (tertiary/aromatic N) is 4. The van der Waals surface area contributed by atoms with E-state index >= 15 is 4.39 Å². The van der Waals surface area contributed by atoms with Gasteiger partial charge in [-0.2, -0.15) is 5.26 Å². The van der Waals surface area contributed by atoms with E-state index in [9.17, 15) is 10.1 Å². The van der Waals surface area contributed by atoms with Crippen molar-refractivity contribution in [3.05, 3.63) is 45.9 Å². The lowest BCUT2D eigenvalue weighted by Crippen LogP contribution is -2.55. The zero-order valence-electron chi connectivity index (χ0n) is 20.9. The summed E-state index contributed by atoms with van der Waals surface area (Å²) in [4.78, 5) is 21.4. The summed E-state index contributed by atoms with van der Waals surface area (Å²) in [5.74, 6) is -0.0929. The van der Waals surface area contributed by atoms with E-state index in [-0.39, 0.29) is 34.5 Å². The van der Waals surface area contributed by atoms with E-state index in [2.05, 4.69) is 36.8 Å². The largest absolute Gasteiger partial charge is 0.494 e. The van der Waals surface area contributed by atoms with E-state index in [0.29, 0.717) is 52.0 Å². The van der Waals surface area contributed by atoms with E-state index in [4.69, 9.17) is 4.74 Å². The molecule has 0 spiro atoms. The molecule has 8 heteroatoms. The molecule has 5 rings (SSSR count). The van der Waals surface area contributed by atoms with Gasteiger partial charge in [-0.1, -0.05) is 6.07 Å². The van der Waals surface area contributed by atoms with Crippen LogP contribution in [-0.2, 0) is 0 Å². The number of halogens is 1. The first-order chi connectivity index (χ1) is 16.7. The third kappa shape index (κ3) is 3.37. The second-order valence-corrected chi connectivity index (χ2v) is 9.92. The number of likely N-dealkylation sites (N-methyl/N-ethyl adjacent to an activating group) is 1. The molecule has 2 unspecified atom stereocenters. The molecule has 0 amide bonds. The number of methoxy groups -OCH3 is 1. The molecule has 0 radical (unpaired) electrons. The Morgan fingerprint density at radius 2 is 1.86 bits per heavy atom. The van der Waals surface area contributed by atoms with Gasteiger partial charge >= 0.3 is 0 Å². The Morgan fingerprint density at radius 1 is 1.17 bits per heavy atom. The lowest BCUT2D eigenvalue weighted by atomic mass is 10.0. The number of anilines is 1. The first-order valence-corrected chi connectivity index (χ1v) is 11.9. The normalized spacial score (nSPS) is 19.2. The highest BCUT2D eigenvalue weighted by atomic mass is 19.1. The summed E-state index contributed by atoms with van der Waals surface area (Å²) in [6.45, 7) is 9.50. The van der Waals surface area contributed by atoms with Crippen molar-refractivity contribution in [1.29, 1.82) is 5.26 Å². The van der Waals surface area contributed by atoms with Gasteiger partial charge in [0, 0.05) is 42.1 Å². The average molecular weight is 476 g/mol. The Balaban J connectivity index is 1.90. The minimum absolute atomic E-state index is 0.134. The molecule has 1 aliphatic heterocycles. The first-order valence-electron chi connectivity index (χ1n) is 11.9. The van der Waals surface area contributed by atoms with Gasteiger partial charge in [0.05, 0.1) is 35.0 Å². The molecule has 0 aliphatic carbocycles. The van der Waals surface area contributed by atoms with Gasteiger partial charge in [0.1, 0.15) is 17.1 Å². The minimum Gasteiger partial charge on any atom is -0.494 e. The smallest absolute Gasteiger partial charge is 0.199 e. The Morgan fingerprint density at radius 3 is 2.46 bits per heavy atom. The standard InChI is InChI=1S/C27H30FN5O2/c1-14(2)33-24-19(26(34)22-18-8-7-17(11-29)9-20(18)30-27(22)33)10-21(35-6)25(23(24)28)32-12-15(3)31(5)16(4)13-32/h7-10,14-16,30H,12-13H2,1-6H3. The number of H-pyrrole nitrogens is 1. The summed E-state index contributed by atoms with van der Waals surface area (Å²) in [5, 5.41) is 10.8. The second kappa shape index (κ2) is 8.28. The molecule has 3 heterocycles. The maximum absolute atomic E-state index is 16.6. The van der Waals surface area contributed by atoms with Crippen LogP contribution in [0.3, 0.4) is 0 Å². The molecule has 2 aromatic carbocycles. The number of ether oxygens (including phenoxy) is 1. The summed E-state index contributed by atoms with van der Waals surface area (Å²) in [6.07, 6.45) is 0. The van der Waals surface area contributed by atoms with Crippen LogP contribution in [0.1, 0.15) is 39.3 Å². The Kier molecular flexibility index (Phi) is 5.48. The number of aromatic amines is 1. The lowest BCUT2D eigenvalue weighted by Gasteiger charge is -2.44. The van der Waals surface area contributed by atoms with Gasteiger partial charge in [-0.15, -0.1) is 0 Å². The topological polar surface area (TPSA) is 77.3 Å². The van der Waals surface area contributed by atoms with Crippen molar-refractivity contribution < 1.29 is 9.13 Å². The maximum Gasteiger partial charge on any atom is 0.199 e. The van der Waals surface area contributed by atoms with Crippen LogP contribution in [0.2, 0.25) is 0 Å². The van der Waals surface area contributed by atoms with Crippen LogP contribution < -0.4 is 15.1 Å². The Hall–Kier alpha value is -3.57. The van der Waals surface area contributed by atoms with Crippen LogP contribution in [0.25, 0.3) is 32.8 Å². The molecule has 35 heavy (non-hydrogen) atoms. The number of aromatic nitrogens is 2. The fourth-order valence-electron chi connectivity index (χ4n) is 5.48. The van der Waals surface area contributed by atoms with E-state index < -0.39 is 5.82 Å². The van der Waals surface area contributed by atoms with E-state index in [0.717, 1.165) is 0 Å². The van der Waals surface area contributed by atoms with Gasteiger partial charge < -0.3 is 19.2 Å². The molecule has 0 bridgehead atoms. The molecule has 2 aromatic heterocycles. The molecule has 4 aromatic rings. The maximum atomic E-state index is 16.6. The lowest BCUT2D eigenvalue weighted by molar-refractivity contribution is 0.169. The molecule has 7 nitrogen and oxygen atoms in total. The third-order valence-electron chi connectivity index (χ3n) is 7.45. The number of rotatable bonds is 3. The van der Waals surface area contributed by atoms with Gasteiger partial charge in [0.25, 0.3) is 0 Å². The van der Waals surface area contributed by atoms with Gasteiger partial charge in [-0.05, 0) is 52.9 Å². The number of fused-ring (bicyclic) bond motifs is 4. The number of benzene rings is 2. The summed E-state index contributed by atoms with van der Waals surface area (Å²) in [5.41, 5.74) is 2.12. The van der Waals surface area contributed by atoms with Crippen molar-refractivity contribution in [1.82, 2.24) is 14.5 Å². The summed E-state index contributed by atoms with van der Waals surface area (Å²) in [7, 11) is 3.60. The van der Waals surface area contributed by atoms with Crippen LogP contribution in [-0.4, -0.2) is 53.8 Å². The average Bonchev–Trinajstić information content (AvgIpc) is 3.20. The summed E-state index contributed by atoms with van der Waals surface area (Å²) < 4.78 is 24.1. The van der Waals surface area contributed by atoms with Crippen LogP contribution in [0.4, 0.5) is 10.1 Å². The van der Waals surface area contributed by atoms with Crippen molar-refractivity contribution in [2.24, 2.45) is 0 Å². The molecule has 0 saturated carbocycles. The highest BCUT2D eigenvalue weighted by Crippen LogP contribution is 2.40. The molecular formula is C27H30FN5O2. The molecule has 1 fully saturated rings. The molecule has 2 atom stereocenters. The molecule has 1 aliphatic rings. The van der Waals surface area contributed by atoms with Gasteiger partial charge in [0.2, 0.25) is 0 Å². The van der Waals surface area contributed by atoms with Crippen molar-refractivity contribution in [3.8, 4) is 11.8 Å². The van der Waals surface area contributed by atoms with Crippen LogP contribution in [0.15, 0.2) is 29.1 Å². The Bertz CT molecular complexity index is 1570. The van der Waals surface area contributed by atoms with Crippen molar-refractivity contribution in [3.63, 3.8) is 0 Å². The van der Waals surface area contributed by atoms with Crippen LogP contribution in [0, 0.1) is 17.1 Å². The zero-order chi connectivity index (χ0) is 25.2. The van der Waals surface area contributed by atoms with Crippen molar-refractivity contribution in [2.45, 2.75) is 45.8 Å².